The molecule has 5 rings (SSSR count). The highest BCUT2D eigenvalue weighted by Gasteiger charge is 2.56. The second-order valence-electron chi connectivity index (χ2n) is 9.26. The predicted octanol–water partition coefficient (Wildman–Crippen LogP) is 4.25. The average Bonchev–Trinajstić information content (AvgIpc) is 3.40. The standard InChI is InChI=1S/C26H27ClN2O3/c27-22-12-6-5-11-21(22)26(16-24(31)29(25(26)32)20-9-3-4-10-20)15-23(30)28-14-13-18-7-1-2-8-19(18)17-28/h1-2,5-8,11-12,20H,3-4,9-10,13-17H2. The van der Waals surface area contributed by atoms with Gasteiger partial charge in [0.1, 0.15) is 0 Å². The fourth-order valence-corrected chi connectivity index (χ4v) is 5.98. The number of imide groups is 1. The van der Waals surface area contributed by atoms with Gasteiger partial charge in [0.05, 0.1) is 5.41 Å². The average molecular weight is 451 g/mol. The monoisotopic (exact) mass is 450 g/mol. The van der Waals surface area contributed by atoms with Gasteiger partial charge in [0.15, 0.2) is 0 Å². The van der Waals surface area contributed by atoms with Gasteiger partial charge in [0.25, 0.3) is 0 Å². The molecule has 2 aliphatic heterocycles. The summed E-state index contributed by atoms with van der Waals surface area (Å²) in [5.74, 6) is -0.541. The third kappa shape index (κ3) is 3.53. The molecule has 1 atom stereocenters. The Bertz CT molecular complexity index is 1080. The molecule has 0 N–H and O–H groups in total. The summed E-state index contributed by atoms with van der Waals surface area (Å²) in [7, 11) is 0. The molecule has 2 aromatic carbocycles. The number of benzene rings is 2. The minimum absolute atomic E-state index is 0.00222. The van der Waals surface area contributed by atoms with Gasteiger partial charge in [-0.25, -0.2) is 0 Å². The Balaban J connectivity index is 1.48. The van der Waals surface area contributed by atoms with Crippen molar-refractivity contribution in [2.24, 2.45) is 0 Å². The first-order valence-electron chi connectivity index (χ1n) is 11.5. The topological polar surface area (TPSA) is 57.7 Å². The van der Waals surface area contributed by atoms with Crippen LogP contribution < -0.4 is 0 Å². The Morgan fingerprint density at radius 1 is 1.00 bits per heavy atom. The van der Waals surface area contributed by atoms with E-state index in [9.17, 15) is 14.4 Å². The van der Waals surface area contributed by atoms with Crippen LogP contribution >= 0.6 is 11.6 Å². The fourth-order valence-electron chi connectivity index (χ4n) is 5.67. The molecular weight excluding hydrogens is 424 g/mol. The van der Waals surface area contributed by atoms with Gasteiger partial charge >= 0.3 is 0 Å². The molecule has 0 spiro atoms. The summed E-state index contributed by atoms with van der Waals surface area (Å²) in [6.07, 6.45) is 4.48. The van der Waals surface area contributed by atoms with Crippen LogP contribution in [-0.4, -0.2) is 40.1 Å². The van der Waals surface area contributed by atoms with Gasteiger partial charge in [-0.15, -0.1) is 0 Å². The lowest BCUT2D eigenvalue weighted by Crippen LogP contribution is -2.46. The quantitative estimate of drug-likeness (QED) is 0.654. The summed E-state index contributed by atoms with van der Waals surface area (Å²) < 4.78 is 0. The molecule has 2 heterocycles. The number of halogens is 1. The lowest BCUT2D eigenvalue weighted by molar-refractivity contribution is -0.145. The first-order valence-corrected chi connectivity index (χ1v) is 11.8. The second-order valence-corrected chi connectivity index (χ2v) is 9.66. The highest BCUT2D eigenvalue weighted by atomic mass is 35.5. The molecule has 2 fully saturated rings. The summed E-state index contributed by atoms with van der Waals surface area (Å²) in [6.45, 7) is 1.14. The van der Waals surface area contributed by atoms with Crippen molar-refractivity contribution in [3.05, 3.63) is 70.2 Å². The number of amides is 3. The molecule has 3 amide bonds. The van der Waals surface area contributed by atoms with Crippen molar-refractivity contribution in [3.8, 4) is 0 Å². The van der Waals surface area contributed by atoms with Crippen LogP contribution in [0.2, 0.25) is 5.02 Å². The Morgan fingerprint density at radius 2 is 1.69 bits per heavy atom. The van der Waals surface area contributed by atoms with E-state index in [1.807, 2.05) is 29.2 Å². The summed E-state index contributed by atoms with van der Waals surface area (Å²) in [6, 6.07) is 15.2. The van der Waals surface area contributed by atoms with Gasteiger partial charge in [-0.2, -0.15) is 0 Å². The fraction of sp³-hybridized carbons (Fsp3) is 0.423. The van der Waals surface area contributed by atoms with E-state index in [2.05, 4.69) is 6.07 Å². The van der Waals surface area contributed by atoms with Crippen LogP contribution in [0.5, 0.6) is 0 Å². The van der Waals surface area contributed by atoms with Crippen LogP contribution in [0, 0.1) is 0 Å². The zero-order valence-electron chi connectivity index (χ0n) is 18.1. The maximum Gasteiger partial charge on any atom is 0.241 e. The molecule has 6 heteroatoms. The lowest BCUT2D eigenvalue weighted by Gasteiger charge is -2.34. The van der Waals surface area contributed by atoms with Crippen LogP contribution in [0.3, 0.4) is 0 Å². The molecule has 5 nitrogen and oxygen atoms in total. The second kappa shape index (κ2) is 8.36. The lowest BCUT2D eigenvalue weighted by atomic mass is 9.75. The largest absolute Gasteiger partial charge is 0.338 e. The van der Waals surface area contributed by atoms with Crippen molar-refractivity contribution < 1.29 is 14.4 Å². The molecule has 0 aromatic heterocycles. The van der Waals surface area contributed by atoms with Gasteiger partial charge in [-0.3, -0.25) is 19.3 Å². The number of likely N-dealkylation sites (tertiary alicyclic amines) is 1. The summed E-state index contributed by atoms with van der Waals surface area (Å²) >= 11 is 6.54. The zero-order chi connectivity index (χ0) is 22.3. The third-order valence-electron chi connectivity index (χ3n) is 7.37. The maximum atomic E-state index is 13.9. The molecule has 1 saturated heterocycles. The molecular formula is C26H27ClN2O3. The predicted molar refractivity (Wildman–Crippen MR) is 122 cm³/mol. The number of nitrogens with zero attached hydrogens (tertiary/aromatic N) is 2. The smallest absolute Gasteiger partial charge is 0.241 e. The minimum Gasteiger partial charge on any atom is -0.338 e. The van der Waals surface area contributed by atoms with Crippen LogP contribution in [0.1, 0.15) is 55.2 Å². The van der Waals surface area contributed by atoms with E-state index in [-0.39, 0.29) is 36.6 Å². The Hall–Kier alpha value is -2.66. The minimum atomic E-state index is -1.23. The van der Waals surface area contributed by atoms with Gasteiger partial charge < -0.3 is 4.90 Å². The molecule has 0 radical (unpaired) electrons. The third-order valence-corrected chi connectivity index (χ3v) is 7.70. The number of carbonyl (C=O) groups excluding carboxylic acids is 3. The normalized spacial score (nSPS) is 23.7. The highest BCUT2D eigenvalue weighted by molar-refractivity contribution is 6.32. The van der Waals surface area contributed by atoms with Crippen LogP contribution in [0.15, 0.2) is 48.5 Å². The number of fused-ring (bicyclic) bond motifs is 1. The van der Waals surface area contributed by atoms with E-state index in [1.54, 1.807) is 18.2 Å². The molecule has 32 heavy (non-hydrogen) atoms. The van der Waals surface area contributed by atoms with E-state index in [0.717, 1.165) is 37.7 Å². The van der Waals surface area contributed by atoms with Gasteiger partial charge in [0.2, 0.25) is 17.7 Å². The highest BCUT2D eigenvalue weighted by Crippen LogP contribution is 2.45. The Kier molecular flexibility index (Phi) is 5.54. The van der Waals surface area contributed by atoms with Crippen LogP contribution in [-0.2, 0) is 32.8 Å². The number of hydrogen-bond acceptors (Lipinski definition) is 3. The maximum absolute atomic E-state index is 13.9. The summed E-state index contributed by atoms with van der Waals surface area (Å²) in [5.41, 5.74) is 1.76. The van der Waals surface area contributed by atoms with E-state index in [1.165, 1.54) is 10.5 Å². The van der Waals surface area contributed by atoms with Gasteiger partial charge in [0, 0.05) is 37.0 Å². The number of rotatable bonds is 4. The van der Waals surface area contributed by atoms with Crippen molar-refractivity contribution >= 4 is 29.3 Å². The van der Waals surface area contributed by atoms with Crippen molar-refractivity contribution in [1.29, 1.82) is 0 Å². The van der Waals surface area contributed by atoms with E-state index in [0.29, 0.717) is 23.7 Å². The first kappa shape index (κ1) is 21.2. The van der Waals surface area contributed by atoms with Gasteiger partial charge in [-0.1, -0.05) is 66.9 Å². The number of hydrogen-bond donors (Lipinski definition) is 0. The summed E-state index contributed by atoms with van der Waals surface area (Å²) in [4.78, 5) is 43.8. The SMILES string of the molecule is O=C(CC1(c2ccccc2Cl)CC(=O)N(C2CCCC2)C1=O)N1CCc2ccccc2C1. The van der Waals surface area contributed by atoms with Crippen molar-refractivity contribution in [2.45, 2.75) is 62.9 Å². The van der Waals surface area contributed by atoms with Gasteiger partial charge in [-0.05, 0) is 42.0 Å². The number of carbonyl (C=O) groups is 3. The van der Waals surface area contributed by atoms with Crippen molar-refractivity contribution in [1.82, 2.24) is 9.80 Å². The molecule has 1 unspecified atom stereocenters. The Labute approximate surface area is 193 Å². The van der Waals surface area contributed by atoms with Crippen LogP contribution in [0.25, 0.3) is 0 Å². The first-order chi connectivity index (χ1) is 15.5. The van der Waals surface area contributed by atoms with E-state index >= 15 is 0 Å². The summed E-state index contributed by atoms with van der Waals surface area (Å²) in [5, 5.41) is 0.429. The van der Waals surface area contributed by atoms with E-state index in [4.69, 9.17) is 11.6 Å². The molecule has 1 aliphatic carbocycles. The van der Waals surface area contributed by atoms with Crippen LogP contribution in [0.4, 0.5) is 0 Å². The van der Waals surface area contributed by atoms with E-state index < -0.39 is 5.41 Å². The molecule has 0 bridgehead atoms. The molecule has 2 aromatic rings. The molecule has 166 valence electrons. The van der Waals surface area contributed by atoms with Crippen molar-refractivity contribution in [2.75, 3.05) is 6.54 Å². The Morgan fingerprint density at radius 3 is 2.44 bits per heavy atom. The van der Waals surface area contributed by atoms with Crippen molar-refractivity contribution in [3.63, 3.8) is 0 Å². The molecule has 1 saturated carbocycles. The zero-order valence-corrected chi connectivity index (χ0v) is 18.8. The molecule has 3 aliphatic rings.